The Morgan fingerprint density at radius 2 is 1.88 bits per heavy atom. The first-order chi connectivity index (χ1) is 16.2. The second-order valence-electron chi connectivity index (χ2n) is 8.97. The molecule has 0 unspecified atom stereocenters. The van der Waals surface area contributed by atoms with Gasteiger partial charge in [0.15, 0.2) is 0 Å². The van der Waals surface area contributed by atoms with Crippen molar-refractivity contribution in [2.45, 2.75) is 32.7 Å². The predicted octanol–water partition coefficient (Wildman–Crippen LogP) is 5.58. The fourth-order valence-corrected chi connectivity index (χ4v) is 5.38. The summed E-state index contributed by atoms with van der Waals surface area (Å²) in [5.74, 6) is -0.827. The van der Waals surface area contributed by atoms with Crippen LogP contribution in [0, 0.1) is 24.2 Å². The monoisotopic (exact) mass is 497 g/mol. The van der Waals surface area contributed by atoms with Crippen molar-refractivity contribution in [2.75, 3.05) is 13.1 Å². The zero-order valence-electron chi connectivity index (χ0n) is 19.1. The molecule has 0 bridgehead atoms. The Morgan fingerprint density at radius 3 is 2.53 bits per heavy atom. The molecule has 8 heteroatoms. The SMILES string of the molecule is Cc1cc(C#N)cc2c1cc(C(=O)c1c(Cl)ccc(CN3CCC(CC(=O)O)CC3)c1Cl)n2C. The van der Waals surface area contributed by atoms with Crippen LogP contribution in [-0.2, 0) is 18.4 Å². The van der Waals surface area contributed by atoms with Gasteiger partial charge in [0.05, 0.1) is 32.9 Å². The lowest BCUT2D eigenvalue weighted by atomic mass is 9.93. The molecule has 1 N–H and O–H groups in total. The van der Waals surface area contributed by atoms with Gasteiger partial charge < -0.3 is 9.67 Å². The second-order valence-corrected chi connectivity index (χ2v) is 9.75. The summed E-state index contributed by atoms with van der Waals surface area (Å²) in [6.07, 6.45) is 1.85. The minimum absolute atomic E-state index is 0.197. The van der Waals surface area contributed by atoms with E-state index in [1.165, 1.54) is 0 Å². The summed E-state index contributed by atoms with van der Waals surface area (Å²) in [4.78, 5) is 26.8. The number of carbonyl (C=O) groups excluding carboxylic acids is 1. The standard InChI is InChI=1S/C26H25Cl2N3O3/c1-15-9-17(13-29)10-21-19(15)12-22(30(21)2)26(34)24-20(27)4-3-18(25(24)28)14-31-7-5-16(6-8-31)11-23(32)33/h3-4,9-10,12,16H,5-8,11,14H2,1-2H3,(H,32,33). The molecule has 1 aliphatic heterocycles. The third-order valence-electron chi connectivity index (χ3n) is 6.69. The molecule has 0 atom stereocenters. The quantitative estimate of drug-likeness (QED) is 0.449. The van der Waals surface area contributed by atoms with Crippen molar-refractivity contribution >= 4 is 45.9 Å². The molecule has 3 aromatic rings. The largest absolute Gasteiger partial charge is 0.481 e. The molecule has 2 aromatic carbocycles. The number of ketones is 1. The molecule has 0 aliphatic carbocycles. The van der Waals surface area contributed by atoms with Crippen LogP contribution in [0.4, 0.5) is 0 Å². The van der Waals surface area contributed by atoms with Crippen LogP contribution in [0.25, 0.3) is 10.9 Å². The van der Waals surface area contributed by atoms with Crippen molar-refractivity contribution in [3.05, 3.63) is 68.3 Å². The smallest absolute Gasteiger partial charge is 0.303 e. The number of aryl methyl sites for hydroxylation is 2. The van der Waals surface area contributed by atoms with E-state index in [9.17, 15) is 14.9 Å². The zero-order valence-corrected chi connectivity index (χ0v) is 20.6. The minimum atomic E-state index is -0.755. The molecule has 6 nitrogen and oxygen atoms in total. The molecule has 1 saturated heterocycles. The Morgan fingerprint density at radius 1 is 1.18 bits per heavy atom. The highest BCUT2D eigenvalue weighted by atomic mass is 35.5. The average molecular weight is 498 g/mol. The van der Waals surface area contributed by atoms with Crippen LogP contribution >= 0.6 is 23.2 Å². The van der Waals surface area contributed by atoms with Crippen LogP contribution in [0.15, 0.2) is 30.3 Å². The second kappa shape index (κ2) is 9.79. The van der Waals surface area contributed by atoms with Crippen molar-refractivity contribution in [3.8, 4) is 6.07 Å². The Kier molecular flexibility index (Phi) is 6.99. The summed E-state index contributed by atoms with van der Waals surface area (Å²) in [6.45, 7) is 4.04. The molecular formula is C26H25Cl2N3O3. The van der Waals surface area contributed by atoms with E-state index >= 15 is 0 Å². The van der Waals surface area contributed by atoms with Crippen molar-refractivity contribution in [1.82, 2.24) is 9.47 Å². The summed E-state index contributed by atoms with van der Waals surface area (Å²) >= 11 is 13.2. The number of piperidine rings is 1. The first-order valence-corrected chi connectivity index (χ1v) is 11.9. The van der Waals surface area contributed by atoms with Crippen molar-refractivity contribution < 1.29 is 14.7 Å². The van der Waals surface area contributed by atoms with Gasteiger partial charge in [-0.2, -0.15) is 5.26 Å². The fourth-order valence-electron chi connectivity index (χ4n) is 4.78. The summed E-state index contributed by atoms with van der Waals surface area (Å²) in [6, 6.07) is 11.1. The van der Waals surface area contributed by atoms with E-state index in [2.05, 4.69) is 11.0 Å². The first-order valence-electron chi connectivity index (χ1n) is 11.2. The van der Waals surface area contributed by atoms with Gasteiger partial charge in [-0.05, 0) is 74.2 Å². The molecule has 0 amide bonds. The van der Waals surface area contributed by atoms with Crippen LogP contribution < -0.4 is 0 Å². The average Bonchev–Trinajstić information content (AvgIpc) is 3.13. The van der Waals surface area contributed by atoms with Gasteiger partial charge in [0, 0.05) is 30.9 Å². The normalized spacial score (nSPS) is 14.9. The van der Waals surface area contributed by atoms with E-state index in [4.69, 9.17) is 28.3 Å². The number of carboxylic acid groups (broad SMARTS) is 1. The van der Waals surface area contributed by atoms with E-state index in [1.807, 2.05) is 19.1 Å². The number of hydrogen-bond donors (Lipinski definition) is 1. The van der Waals surface area contributed by atoms with Gasteiger partial charge in [-0.1, -0.05) is 29.3 Å². The number of rotatable bonds is 6. The Labute approximate surface area is 208 Å². The van der Waals surface area contributed by atoms with Crippen molar-refractivity contribution in [1.29, 1.82) is 5.26 Å². The van der Waals surface area contributed by atoms with Crippen LogP contribution in [-0.4, -0.2) is 39.4 Å². The van der Waals surface area contributed by atoms with Gasteiger partial charge in [0.2, 0.25) is 5.78 Å². The van der Waals surface area contributed by atoms with Crippen LogP contribution in [0.5, 0.6) is 0 Å². The van der Waals surface area contributed by atoms with E-state index in [0.717, 1.165) is 48.0 Å². The highest BCUT2D eigenvalue weighted by Crippen LogP contribution is 2.34. The summed E-state index contributed by atoms with van der Waals surface area (Å²) in [7, 11) is 1.79. The Bertz CT molecular complexity index is 1330. The molecule has 34 heavy (non-hydrogen) atoms. The number of aromatic nitrogens is 1. The molecule has 0 saturated carbocycles. The number of aliphatic carboxylic acids is 1. The summed E-state index contributed by atoms with van der Waals surface area (Å²) < 4.78 is 1.78. The number of halogens is 2. The topological polar surface area (TPSA) is 86.3 Å². The maximum atomic E-state index is 13.6. The van der Waals surface area contributed by atoms with Gasteiger partial charge in [-0.25, -0.2) is 0 Å². The number of nitrogens with zero attached hydrogens (tertiary/aromatic N) is 3. The lowest BCUT2D eigenvalue weighted by Gasteiger charge is -2.31. The number of benzene rings is 2. The fraction of sp³-hybridized carbons (Fsp3) is 0.346. The van der Waals surface area contributed by atoms with Crippen molar-refractivity contribution in [2.24, 2.45) is 13.0 Å². The Hall–Kier alpha value is -2.85. The van der Waals surface area contributed by atoms with E-state index in [1.54, 1.807) is 29.8 Å². The number of carbonyl (C=O) groups is 2. The van der Waals surface area contributed by atoms with E-state index in [-0.39, 0.29) is 23.7 Å². The molecule has 1 fully saturated rings. The van der Waals surface area contributed by atoms with E-state index < -0.39 is 5.97 Å². The van der Waals surface area contributed by atoms with Gasteiger partial charge in [-0.3, -0.25) is 14.5 Å². The molecule has 0 spiro atoms. The van der Waals surface area contributed by atoms with Gasteiger partial charge >= 0.3 is 5.97 Å². The number of hydrogen-bond acceptors (Lipinski definition) is 4. The van der Waals surface area contributed by atoms with Crippen LogP contribution in [0.2, 0.25) is 10.0 Å². The maximum absolute atomic E-state index is 13.6. The van der Waals surface area contributed by atoms with Crippen molar-refractivity contribution in [3.63, 3.8) is 0 Å². The molecule has 1 aliphatic rings. The predicted molar refractivity (Wildman–Crippen MR) is 133 cm³/mol. The lowest BCUT2D eigenvalue weighted by molar-refractivity contribution is -0.138. The van der Waals surface area contributed by atoms with Crippen LogP contribution in [0.3, 0.4) is 0 Å². The lowest BCUT2D eigenvalue weighted by Crippen LogP contribution is -2.34. The first kappa shape index (κ1) is 24.3. The number of fused-ring (bicyclic) bond motifs is 1. The van der Waals surface area contributed by atoms with Crippen LogP contribution in [0.1, 0.15) is 52.0 Å². The Balaban J connectivity index is 1.62. The highest BCUT2D eigenvalue weighted by Gasteiger charge is 2.26. The minimum Gasteiger partial charge on any atom is -0.481 e. The molecule has 2 heterocycles. The van der Waals surface area contributed by atoms with Gasteiger partial charge in [-0.15, -0.1) is 0 Å². The summed E-state index contributed by atoms with van der Waals surface area (Å²) in [5.41, 5.74) is 3.78. The molecular weight excluding hydrogens is 473 g/mol. The third kappa shape index (κ3) is 4.69. The van der Waals surface area contributed by atoms with Gasteiger partial charge in [0.1, 0.15) is 0 Å². The molecule has 1 aromatic heterocycles. The zero-order chi connectivity index (χ0) is 24.6. The number of nitriles is 1. The van der Waals surface area contributed by atoms with E-state index in [0.29, 0.717) is 27.8 Å². The highest BCUT2D eigenvalue weighted by molar-refractivity contribution is 6.41. The summed E-state index contributed by atoms with van der Waals surface area (Å²) in [5, 5.41) is 19.9. The van der Waals surface area contributed by atoms with Gasteiger partial charge in [0.25, 0.3) is 0 Å². The number of likely N-dealkylation sites (tertiary alicyclic amines) is 1. The third-order valence-corrected chi connectivity index (χ3v) is 7.44. The maximum Gasteiger partial charge on any atom is 0.303 e. The molecule has 176 valence electrons. The number of carboxylic acids is 1. The molecule has 4 rings (SSSR count). The molecule has 0 radical (unpaired) electrons.